The summed E-state index contributed by atoms with van der Waals surface area (Å²) in [6.07, 6.45) is 0. The second kappa shape index (κ2) is 4.13. The monoisotopic (exact) mass is 237 g/mol. The third-order valence-corrected chi connectivity index (χ3v) is 2.70. The van der Waals surface area contributed by atoms with Crippen molar-refractivity contribution >= 4 is 5.69 Å². The van der Waals surface area contributed by atoms with Gasteiger partial charge in [0.1, 0.15) is 0 Å². The van der Waals surface area contributed by atoms with Crippen LogP contribution < -0.4 is 5.73 Å². The smallest absolute Gasteiger partial charge is 0.195 e. The van der Waals surface area contributed by atoms with Crippen LogP contribution in [0.15, 0.2) is 30.3 Å². The van der Waals surface area contributed by atoms with E-state index in [9.17, 15) is 13.2 Å². The quantitative estimate of drug-likeness (QED) is 0.594. The van der Waals surface area contributed by atoms with Gasteiger partial charge in [-0.25, -0.2) is 13.2 Å². The van der Waals surface area contributed by atoms with Gasteiger partial charge in [0, 0.05) is 11.3 Å². The van der Waals surface area contributed by atoms with E-state index in [4.69, 9.17) is 5.73 Å². The van der Waals surface area contributed by atoms with Gasteiger partial charge in [-0.2, -0.15) is 0 Å². The van der Waals surface area contributed by atoms with E-state index in [1.807, 2.05) is 0 Å². The normalized spacial score (nSPS) is 10.6. The van der Waals surface area contributed by atoms with Crippen molar-refractivity contribution in [2.24, 2.45) is 0 Å². The first-order valence-electron chi connectivity index (χ1n) is 5.01. The maximum absolute atomic E-state index is 13.6. The minimum absolute atomic E-state index is 0.00806. The summed E-state index contributed by atoms with van der Waals surface area (Å²) in [6.45, 7) is 1.70. The second-order valence-electron chi connectivity index (χ2n) is 3.74. The minimum atomic E-state index is -1.47. The molecule has 0 aliphatic rings. The minimum Gasteiger partial charge on any atom is -0.398 e. The van der Waals surface area contributed by atoms with Crippen molar-refractivity contribution in [1.29, 1.82) is 0 Å². The Kier molecular flexibility index (Phi) is 2.79. The number of anilines is 1. The van der Waals surface area contributed by atoms with Crippen molar-refractivity contribution in [3.63, 3.8) is 0 Å². The molecule has 0 aromatic heterocycles. The fraction of sp³-hybridized carbons (Fsp3) is 0.0769. The Morgan fingerprint density at radius 2 is 1.59 bits per heavy atom. The van der Waals surface area contributed by atoms with Gasteiger partial charge >= 0.3 is 0 Å². The maximum atomic E-state index is 13.6. The molecule has 2 N–H and O–H groups in total. The van der Waals surface area contributed by atoms with E-state index in [-0.39, 0.29) is 5.56 Å². The molecule has 0 unspecified atom stereocenters. The van der Waals surface area contributed by atoms with E-state index >= 15 is 0 Å². The predicted octanol–water partition coefficient (Wildman–Crippen LogP) is 3.66. The van der Waals surface area contributed by atoms with Crippen LogP contribution in [0.2, 0.25) is 0 Å². The number of hydrogen-bond acceptors (Lipinski definition) is 1. The zero-order chi connectivity index (χ0) is 12.6. The van der Waals surface area contributed by atoms with Gasteiger partial charge in [-0.15, -0.1) is 0 Å². The average molecular weight is 237 g/mol. The lowest BCUT2D eigenvalue weighted by Gasteiger charge is -2.10. The standard InChI is InChI=1S/C13H10F3N/c1-7-8(3-2-4-11(7)17)9-5-6-10(14)13(16)12(9)15/h2-6H,17H2,1H3. The molecule has 17 heavy (non-hydrogen) atoms. The number of rotatable bonds is 1. The molecule has 0 fully saturated rings. The first kappa shape index (κ1) is 11.5. The predicted molar refractivity (Wildman–Crippen MR) is 60.9 cm³/mol. The lowest BCUT2D eigenvalue weighted by Crippen LogP contribution is -1.97. The molecule has 2 rings (SSSR count). The summed E-state index contributed by atoms with van der Waals surface area (Å²) in [6, 6.07) is 7.02. The molecule has 0 aliphatic carbocycles. The van der Waals surface area contributed by atoms with Gasteiger partial charge in [0.2, 0.25) is 0 Å². The highest BCUT2D eigenvalue weighted by molar-refractivity contribution is 5.73. The van der Waals surface area contributed by atoms with Gasteiger partial charge in [0.05, 0.1) is 0 Å². The van der Waals surface area contributed by atoms with E-state index in [0.717, 1.165) is 6.07 Å². The maximum Gasteiger partial charge on any atom is 0.195 e. The first-order valence-corrected chi connectivity index (χ1v) is 5.01. The molecule has 2 aromatic rings. The molecule has 88 valence electrons. The fourth-order valence-electron chi connectivity index (χ4n) is 1.68. The van der Waals surface area contributed by atoms with E-state index in [2.05, 4.69) is 0 Å². The van der Waals surface area contributed by atoms with Gasteiger partial charge in [0.25, 0.3) is 0 Å². The molecule has 0 atom stereocenters. The molecule has 0 amide bonds. The lowest BCUT2D eigenvalue weighted by molar-refractivity contribution is 0.449. The van der Waals surface area contributed by atoms with Crippen molar-refractivity contribution in [2.75, 3.05) is 5.73 Å². The van der Waals surface area contributed by atoms with Gasteiger partial charge in [-0.05, 0) is 36.2 Å². The average Bonchev–Trinajstić information content (AvgIpc) is 2.31. The highest BCUT2D eigenvalue weighted by Gasteiger charge is 2.16. The number of nitrogens with two attached hydrogens (primary N) is 1. The first-order chi connectivity index (χ1) is 8.02. The van der Waals surface area contributed by atoms with Gasteiger partial charge in [-0.3, -0.25) is 0 Å². The van der Waals surface area contributed by atoms with Gasteiger partial charge < -0.3 is 5.73 Å². The van der Waals surface area contributed by atoms with Crippen molar-refractivity contribution in [1.82, 2.24) is 0 Å². The summed E-state index contributed by atoms with van der Waals surface area (Å²) in [7, 11) is 0. The lowest BCUT2D eigenvalue weighted by atomic mass is 9.98. The second-order valence-corrected chi connectivity index (χ2v) is 3.74. The summed E-state index contributed by atoms with van der Waals surface area (Å²) in [5, 5.41) is 0. The Labute approximate surface area is 96.7 Å². The Morgan fingerprint density at radius 1 is 0.882 bits per heavy atom. The number of halogens is 3. The topological polar surface area (TPSA) is 26.0 Å². The van der Waals surface area contributed by atoms with Crippen LogP contribution in [0.1, 0.15) is 5.56 Å². The third kappa shape index (κ3) is 1.86. The van der Waals surface area contributed by atoms with E-state index in [0.29, 0.717) is 16.8 Å². The number of benzene rings is 2. The molecule has 1 nitrogen and oxygen atoms in total. The van der Waals surface area contributed by atoms with E-state index in [1.54, 1.807) is 25.1 Å². The number of nitrogen functional groups attached to an aromatic ring is 1. The highest BCUT2D eigenvalue weighted by Crippen LogP contribution is 2.30. The Morgan fingerprint density at radius 3 is 2.29 bits per heavy atom. The number of hydrogen-bond donors (Lipinski definition) is 1. The largest absolute Gasteiger partial charge is 0.398 e. The van der Waals surface area contributed by atoms with Crippen LogP contribution in [0.5, 0.6) is 0 Å². The van der Waals surface area contributed by atoms with Gasteiger partial charge in [0.15, 0.2) is 17.5 Å². The summed E-state index contributed by atoms with van der Waals surface area (Å²) in [4.78, 5) is 0. The molecule has 4 heteroatoms. The highest BCUT2D eigenvalue weighted by atomic mass is 19.2. The Bertz CT molecular complexity index is 579. The molecule has 0 saturated carbocycles. The van der Waals surface area contributed by atoms with Crippen molar-refractivity contribution in [2.45, 2.75) is 6.92 Å². The molecule has 0 bridgehead atoms. The van der Waals surface area contributed by atoms with Crippen molar-refractivity contribution in [3.8, 4) is 11.1 Å². The molecule has 0 saturated heterocycles. The van der Waals surface area contributed by atoms with Crippen molar-refractivity contribution in [3.05, 3.63) is 53.3 Å². The SMILES string of the molecule is Cc1c(N)cccc1-c1ccc(F)c(F)c1F. The van der Waals surface area contributed by atoms with Gasteiger partial charge in [-0.1, -0.05) is 12.1 Å². The molecular formula is C13H10F3N. The summed E-state index contributed by atoms with van der Waals surface area (Å²) >= 11 is 0. The molecule has 0 heterocycles. The van der Waals surface area contributed by atoms with E-state index < -0.39 is 17.5 Å². The fourth-order valence-corrected chi connectivity index (χ4v) is 1.68. The van der Waals surface area contributed by atoms with Crippen LogP contribution in [-0.2, 0) is 0 Å². The van der Waals surface area contributed by atoms with Crippen molar-refractivity contribution < 1.29 is 13.2 Å². The zero-order valence-corrected chi connectivity index (χ0v) is 9.10. The molecule has 2 aromatic carbocycles. The van der Waals surface area contributed by atoms with Crippen LogP contribution in [0.3, 0.4) is 0 Å². The summed E-state index contributed by atoms with van der Waals surface area (Å²) in [5.74, 6) is -3.86. The molecule has 0 aliphatic heterocycles. The molecule has 0 spiro atoms. The van der Waals surface area contributed by atoms with Crippen LogP contribution in [0.4, 0.5) is 18.9 Å². The third-order valence-electron chi connectivity index (χ3n) is 2.70. The molecule has 0 radical (unpaired) electrons. The zero-order valence-electron chi connectivity index (χ0n) is 9.10. The summed E-state index contributed by atoms with van der Waals surface area (Å²) < 4.78 is 39.5. The van der Waals surface area contributed by atoms with E-state index in [1.165, 1.54) is 6.07 Å². The van der Waals surface area contributed by atoms with Crippen LogP contribution in [-0.4, -0.2) is 0 Å². The Hall–Kier alpha value is -1.97. The summed E-state index contributed by atoms with van der Waals surface area (Å²) in [5.41, 5.74) is 7.27. The molecular weight excluding hydrogens is 227 g/mol. The van der Waals surface area contributed by atoms with Crippen LogP contribution >= 0.6 is 0 Å². The van der Waals surface area contributed by atoms with Crippen LogP contribution in [0.25, 0.3) is 11.1 Å². The van der Waals surface area contributed by atoms with Crippen LogP contribution in [0, 0.1) is 24.4 Å². The Balaban J connectivity index is 2.69.